The molecule has 3 N–H and O–H groups in total. The number of piperidine rings is 1. The predicted molar refractivity (Wildman–Crippen MR) is 128 cm³/mol. The van der Waals surface area contributed by atoms with Crippen molar-refractivity contribution in [3.8, 4) is 0 Å². The number of β-amino-alcohol motifs (C(OH)–C–C–N with tert-alkyl or cyclic N) is 1. The van der Waals surface area contributed by atoms with E-state index in [0.717, 1.165) is 37.8 Å². The Hall–Kier alpha value is -1.70. The molecule has 3 fully saturated rings. The number of anilines is 1. The van der Waals surface area contributed by atoms with Crippen molar-refractivity contribution in [3.63, 3.8) is 0 Å². The van der Waals surface area contributed by atoms with Crippen LogP contribution in [0.25, 0.3) is 0 Å². The summed E-state index contributed by atoms with van der Waals surface area (Å²) in [7, 11) is 0. The van der Waals surface area contributed by atoms with Crippen molar-refractivity contribution < 1.29 is 19.4 Å². The Morgan fingerprint density at radius 2 is 1.79 bits per heavy atom. The molecule has 2 saturated heterocycles. The molecule has 0 spiro atoms. The van der Waals surface area contributed by atoms with Crippen molar-refractivity contribution in [1.82, 2.24) is 10.2 Å². The Balaban J connectivity index is 1.51. The summed E-state index contributed by atoms with van der Waals surface area (Å²) in [5.74, 6) is -0.292. The second-order valence-electron chi connectivity index (χ2n) is 11.1. The molecular formula is C26H40FN3O3. The van der Waals surface area contributed by atoms with E-state index < -0.39 is 11.2 Å². The van der Waals surface area contributed by atoms with Gasteiger partial charge in [-0.05, 0) is 63.3 Å². The number of carbonyl (C=O) groups excluding carboxylic acids is 1. The van der Waals surface area contributed by atoms with Crippen LogP contribution in [-0.2, 0) is 4.79 Å². The topological polar surface area (TPSA) is 76.0 Å². The Morgan fingerprint density at radius 3 is 2.42 bits per heavy atom. The lowest BCUT2D eigenvalue weighted by molar-refractivity contribution is -0.119. The molecular weight excluding hydrogens is 421 g/mol. The highest BCUT2D eigenvalue weighted by Crippen LogP contribution is 2.53. The van der Waals surface area contributed by atoms with E-state index in [1.165, 1.54) is 19.1 Å². The Bertz CT molecular complexity index is 838. The fourth-order valence-electron chi connectivity index (χ4n) is 6.54. The number of halogens is 1. The summed E-state index contributed by atoms with van der Waals surface area (Å²) in [5.41, 5.74) is -0.895. The first-order chi connectivity index (χ1) is 15.5. The number of aliphatic hydroxyl groups is 2. The largest absolute Gasteiger partial charge is 0.390 e. The first-order valence-electron chi connectivity index (χ1n) is 12.5. The summed E-state index contributed by atoms with van der Waals surface area (Å²) in [6, 6.07) is 6.81. The monoisotopic (exact) mass is 461 g/mol. The average Bonchev–Trinajstić information content (AvgIpc) is 2.96. The lowest BCUT2D eigenvalue weighted by Crippen LogP contribution is -2.57. The van der Waals surface area contributed by atoms with Gasteiger partial charge in [0.15, 0.2) is 0 Å². The zero-order valence-corrected chi connectivity index (χ0v) is 20.3. The van der Waals surface area contributed by atoms with Crippen LogP contribution in [0.1, 0.15) is 65.7 Å². The molecule has 184 valence electrons. The summed E-state index contributed by atoms with van der Waals surface area (Å²) < 4.78 is 13.3. The smallest absolute Gasteiger partial charge is 0.216 e. The van der Waals surface area contributed by atoms with E-state index in [4.69, 9.17) is 0 Å². The lowest BCUT2D eigenvalue weighted by atomic mass is 9.67. The standard InChI is InChI=1S/C26H40FN3O3/c1-19(31)28-17-22-16-24(2)23(6-4-5-11-25(24,3)32)30(22)18-26(33)12-14-29(15-13-26)21-9-7-20(27)8-10-21/h7-10,22-23,32-33H,4-6,11-18H2,1-3H3,(H,28,31)/t22-,23-,24-,25+/m1/s1. The molecule has 0 unspecified atom stereocenters. The second kappa shape index (κ2) is 9.16. The van der Waals surface area contributed by atoms with Gasteiger partial charge in [-0.3, -0.25) is 9.69 Å². The minimum Gasteiger partial charge on any atom is -0.390 e. The fraction of sp³-hybridized carbons (Fsp3) is 0.731. The molecule has 0 bridgehead atoms. The summed E-state index contributed by atoms with van der Waals surface area (Å²) in [5, 5.41) is 26.1. The van der Waals surface area contributed by atoms with E-state index in [1.807, 2.05) is 6.92 Å². The molecule has 33 heavy (non-hydrogen) atoms. The van der Waals surface area contributed by atoms with Crippen molar-refractivity contribution in [2.45, 2.75) is 89.0 Å². The highest BCUT2D eigenvalue weighted by atomic mass is 19.1. The van der Waals surface area contributed by atoms with Crippen LogP contribution in [0.4, 0.5) is 10.1 Å². The third kappa shape index (κ3) is 4.91. The normalized spacial score (nSPS) is 34.5. The molecule has 7 heteroatoms. The average molecular weight is 462 g/mol. The number of likely N-dealkylation sites (tertiary alicyclic amines) is 1. The SMILES string of the molecule is CC(=O)NC[C@H]1C[C@]2(C)[C@@H](CCCC[C@]2(C)O)N1CC1(O)CCN(c2ccc(F)cc2)CC1. The van der Waals surface area contributed by atoms with Crippen LogP contribution in [-0.4, -0.2) is 70.5 Å². The number of hydrogen-bond acceptors (Lipinski definition) is 5. The summed E-state index contributed by atoms with van der Waals surface area (Å²) >= 11 is 0. The molecule has 1 aromatic rings. The third-order valence-corrected chi connectivity index (χ3v) is 8.84. The molecule has 1 saturated carbocycles. The summed E-state index contributed by atoms with van der Waals surface area (Å²) in [4.78, 5) is 16.3. The minimum atomic E-state index is -0.825. The van der Waals surface area contributed by atoms with Gasteiger partial charge in [-0.25, -0.2) is 4.39 Å². The van der Waals surface area contributed by atoms with Crippen molar-refractivity contribution >= 4 is 11.6 Å². The number of rotatable bonds is 5. The zero-order valence-electron chi connectivity index (χ0n) is 20.3. The van der Waals surface area contributed by atoms with Gasteiger partial charge < -0.3 is 20.4 Å². The molecule has 1 aliphatic carbocycles. The van der Waals surface area contributed by atoms with Crippen LogP contribution in [0.15, 0.2) is 24.3 Å². The maximum atomic E-state index is 13.3. The van der Waals surface area contributed by atoms with Crippen LogP contribution in [0.2, 0.25) is 0 Å². The molecule has 2 heterocycles. The van der Waals surface area contributed by atoms with Crippen LogP contribution < -0.4 is 10.2 Å². The highest BCUT2D eigenvalue weighted by Gasteiger charge is 2.58. The van der Waals surface area contributed by atoms with Gasteiger partial charge >= 0.3 is 0 Å². The summed E-state index contributed by atoms with van der Waals surface area (Å²) in [6.45, 7) is 8.22. The van der Waals surface area contributed by atoms with E-state index in [9.17, 15) is 19.4 Å². The van der Waals surface area contributed by atoms with E-state index in [1.54, 1.807) is 12.1 Å². The molecule has 0 aromatic heterocycles. The summed E-state index contributed by atoms with van der Waals surface area (Å²) in [6.07, 6.45) is 5.94. The van der Waals surface area contributed by atoms with Crippen molar-refractivity contribution in [2.75, 3.05) is 31.1 Å². The number of fused-ring (bicyclic) bond motifs is 1. The number of benzene rings is 1. The number of hydrogen-bond donors (Lipinski definition) is 3. The van der Waals surface area contributed by atoms with Crippen LogP contribution in [0.5, 0.6) is 0 Å². The van der Waals surface area contributed by atoms with Gasteiger partial charge in [0.05, 0.1) is 11.2 Å². The van der Waals surface area contributed by atoms with E-state index in [2.05, 4.69) is 22.0 Å². The van der Waals surface area contributed by atoms with Crippen LogP contribution in [0.3, 0.4) is 0 Å². The Morgan fingerprint density at radius 1 is 1.12 bits per heavy atom. The molecule has 0 radical (unpaired) electrons. The first kappa shape index (κ1) is 24.4. The number of nitrogens with zero attached hydrogens (tertiary/aromatic N) is 2. The second-order valence-corrected chi connectivity index (χ2v) is 11.1. The fourth-order valence-corrected chi connectivity index (χ4v) is 6.54. The van der Waals surface area contributed by atoms with Crippen LogP contribution >= 0.6 is 0 Å². The van der Waals surface area contributed by atoms with Gasteiger partial charge in [-0.2, -0.15) is 0 Å². The molecule has 3 aliphatic rings. The van der Waals surface area contributed by atoms with Gasteiger partial charge in [-0.1, -0.05) is 19.8 Å². The molecule has 2 aliphatic heterocycles. The Labute approximate surface area is 197 Å². The maximum Gasteiger partial charge on any atom is 0.216 e. The number of carbonyl (C=O) groups is 1. The molecule has 4 rings (SSSR count). The number of nitrogens with one attached hydrogen (secondary N) is 1. The third-order valence-electron chi connectivity index (χ3n) is 8.84. The highest BCUT2D eigenvalue weighted by molar-refractivity contribution is 5.72. The van der Waals surface area contributed by atoms with Crippen molar-refractivity contribution in [3.05, 3.63) is 30.1 Å². The van der Waals surface area contributed by atoms with Gasteiger partial charge in [-0.15, -0.1) is 0 Å². The van der Waals surface area contributed by atoms with Gasteiger partial charge in [0.1, 0.15) is 5.82 Å². The maximum absolute atomic E-state index is 13.3. The predicted octanol–water partition coefficient (Wildman–Crippen LogP) is 3.07. The van der Waals surface area contributed by atoms with Crippen molar-refractivity contribution in [1.29, 1.82) is 0 Å². The zero-order chi connectivity index (χ0) is 23.9. The van der Waals surface area contributed by atoms with Gasteiger partial charge in [0, 0.05) is 56.3 Å². The van der Waals surface area contributed by atoms with E-state index >= 15 is 0 Å². The quantitative estimate of drug-likeness (QED) is 0.628. The minimum absolute atomic E-state index is 0.0507. The van der Waals surface area contributed by atoms with Gasteiger partial charge in [0.2, 0.25) is 5.91 Å². The van der Waals surface area contributed by atoms with E-state index in [-0.39, 0.29) is 29.2 Å². The lowest BCUT2D eigenvalue weighted by Gasteiger charge is -2.47. The molecule has 6 nitrogen and oxygen atoms in total. The van der Waals surface area contributed by atoms with Gasteiger partial charge in [0.25, 0.3) is 0 Å². The first-order valence-corrected chi connectivity index (χ1v) is 12.5. The van der Waals surface area contributed by atoms with E-state index in [0.29, 0.717) is 39.0 Å². The van der Waals surface area contributed by atoms with Crippen molar-refractivity contribution in [2.24, 2.45) is 5.41 Å². The molecule has 1 aromatic carbocycles. The molecule has 1 amide bonds. The Kier molecular flexibility index (Phi) is 6.78. The number of amides is 1. The molecule has 4 atom stereocenters. The van der Waals surface area contributed by atoms with Crippen LogP contribution in [0, 0.1) is 11.2 Å².